The molecule has 2 heterocycles. The number of carbonyl (C=O) groups is 1. The van der Waals surface area contributed by atoms with Crippen molar-refractivity contribution in [2.45, 2.75) is 38.6 Å². The average Bonchev–Trinajstić information content (AvgIpc) is 3.35. The Morgan fingerprint density at radius 2 is 1.38 bits per heavy atom. The highest BCUT2D eigenvalue weighted by Gasteiger charge is 2.27. The van der Waals surface area contributed by atoms with Crippen LogP contribution in [0.5, 0.6) is 0 Å². The maximum Gasteiger partial charge on any atom is 0.150 e. The van der Waals surface area contributed by atoms with E-state index in [4.69, 9.17) is 0 Å². The molecular formula is C26H30N4OS. The first kappa shape index (κ1) is 21.3. The lowest BCUT2D eigenvalue weighted by Crippen LogP contribution is -2.51. The molecule has 2 aliphatic rings. The summed E-state index contributed by atoms with van der Waals surface area (Å²) in [6.07, 6.45) is 6.39. The fourth-order valence-corrected chi connectivity index (χ4v) is 5.78. The van der Waals surface area contributed by atoms with Crippen molar-refractivity contribution in [2.75, 3.05) is 31.1 Å². The van der Waals surface area contributed by atoms with Gasteiger partial charge < -0.3 is 4.90 Å². The van der Waals surface area contributed by atoms with E-state index in [1.807, 2.05) is 24.3 Å². The highest BCUT2D eigenvalue weighted by Crippen LogP contribution is 2.32. The van der Waals surface area contributed by atoms with Crippen LogP contribution in [0, 0.1) is 5.92 Å². The highest BCUT2D eigenvalue weighted by molar-refractivity contribution is 7.17. The largest absolute Gasteiger partial charge is 0.369 e. The Morgan fingerprint density at radius 3 is 1.94 bits per heavy atom. The topological polar surface area (TPSA) is 49.3 Å². The van der Waals surface area contributed by atoms with E-state index in [1.54, 1.807) is 11.3 Å². The molecule has 6 heteroatoms. The van der Waals surface area contributed by atoms with Crippen LogP contribution in [0.15, 0.2) is 48.5 Å². The molecule has 0 atom stereocenters. The Morgan fingerprint density at radius 1 is 0.812 bits per heavy atom. The maximum atomic E-state index is 10.9. The standard InChI is InChI=1S/C26H30N4OS/c1-19-2-10-23(11-3-19)29-14-16-30(17-15-29)24-12-8-22(9-13-24)26-28-27-25(32-26)21-6-4-20(18-31)5-7-21/h4-9,12-13,18-19,23H,2-3,10-11,14-17H2,1H3/t19-,23+. The normalized spacial score (nSPS) is 22.1. The maximum absolute atomic E-state index is 10.9. The average molecular weight is 447 g/mol. The molecule has 0 N–H and O–H groups in total. The van der Waals surface area contributed by atoms with Crippen LogP contribution in [0.25, 0.3) is 21.1 Å². The Labute approximate surface area is 194 Å². The van der Waals surface area contributed by atoms with E-state index >= 15 is 0 Å². The Hall–Kier alpha value is -2.57. The van der Waals surface area contributed by atoms with E-state index in [-0.39, 0.29) is 0 Å². The van der Waals surface area contributed by atoms with E-state index in [2.05, 4.69) is 51.2 Å². The Balaban J connectivity index is 1.20. The van der Waals surface area contributed by atoms with E-state index in [0.717, 1.165) is 52.5 Å². The second kappa shape index (κ2) is 9.51. The van der Waals surface area contributed by atoms with Gasteiger partial charge in [-0.3, -0.25) is 9.69 Å². The molecule has 166 valence electrons. The van der Waals surface area contributed by atoms with Crippen molar-refractivity contribution in [1.29, 1.82) is 0 Å². The third-order valence-electron chi connectivity index (χ3n) is 7.01. The van der Waals surface area contributed by atoms with Gasteiger partial charge in [-0.1, -0.05) is 42.5 Å². The van der Waals surface area contributed by atoms with E-state index in [0.29, 0.717) is 5.56 Å². The van der Waals surface area contributed by atoms with Gasteiger partial charge >= 0.3 is 0 Å². The zero-order valence-electron chi connectivity index (χ0n) is 18.6. The predicted octanol–water partition coefficient (Wildman–Crippen LogP) is 5.39. The minimum atomic E-state index is 0.670. The number of piperazine rings is 1. The summed E-state index contributed by atoms with van der Waals surface area (Å²) in [7, 11) is 0. The van der Waals surface area contributed by atoms with Gasteiger partial charge in [-0.15, -0.1) is 10.2 Å². The molecule has 32 heavy (non-hydrogen) atoms. The monoisotopic (exact) mass is 446 g/mol. The molecule has 1 saturated heterocycles. The van der Waals surface area contributed by atoms with Crippen LogP contribution in [-0.2, 0) is 0 Å². The number of aldehydes is 1. The lowest BCUT2D eigenvalue weighted by Gasteiger charge is -2.42. The highest BCUT2D eigenvalue weighted by atomic mass is 32.1. The van der Waals surface area contributed by atoms with Crippen molar-refractivity contribution in [1.82, 2.24) is 15.1 Å². The van der Waals surface area contributed by atoms with Gasteiger partial charge in [0.1, 0.15) is 16.3 Å². The second-order valence-electron chi connectivity index (χ2n) is 9.14. The molecule has 0 radical (unpaired) electrons. The fourth-order valence-electron chi connectivity index (χ4n) is 4.93. The molecule has 1 aromatic heterocycles. The van der Waals surface area contributed by atoms with Crippen molar-refractivity contribution < 1.29 is 4.79 Å². The lowest BCUT2D eigenvalue weighted by molar-refractivity contribution is 0.112. The van der Waals surface area contributed by atoms with Gasteiger partial charge in [0.2, 0.25) is 0 Å². The van der Waals surface area contributed by atoms with Gasteiger partial charge in [0, 0.05) is 54.6 Å². The summed E-state index contributed by atoms with van der Waals surface area (Å²) in [6.45, 7) is 6.94. The number of aromatic nitrogens is 2. The Kier molecular flexibility index (Phi) is 6.32. The first-order valence-corrected chi connectivity index (χ1v) is 12.5. The van der Waals surface area contributed by atoms with Crippen LogP contribution in [-0.4, -0.2) is 53.6 Å². The molecule has 1 aliphatic carbocycles. The molecule has 1 aliphatic heterocycles. The van der Waals surface area contributed by atoms with E-state index in [9.17, 15) is 4.79 Å². The van der Waals surface area contributed by atoms with E-state index in [1.165, 1.54) is 44.5 Å². The minimum Gasteiger partial charge on any atom is -0.369 e. The molecule has 0 bridgehead atoms. The van der Waals surface area contributed by atoms with Gasteiger partial charge in [0.15, 0.2) is 0 Å². The number of nitrogens with zero attached hydrogens (tertiary/aromatic N) is 4. The lowest BCUT2D eigenvalue weighted by atomic mass is 9.86. The molecular weight excluding hydrogens is 416 g/mol. The summed E-state index contributed by atoms with van der Waals surface area (Å²) in [5.41, 5.74) is 4.04. The molecule has 3 aromatic rings. The number of anilines is 1. The number of carbonyl (C=O) groups excluding carboxylic acids is 1. The van der Waals surface area contributed by atoms with Crippen LogP contribution in [0.3, 0.4) is 0 Å². The number of hydrogen-bond donors (Lipinski definition) is 0. The predicted molar refractivity (Wildman–Crippen MR) is 131 cm³/mol. The van der Waals surface area contributed by atoms with Crippen molar-refractivity contribution in [3.8, 4) is 21.1 Å². The zero-order valence-corrected chi connectivity index (χ0v) is 19.4. The van der Waals surface area contributed by atoms with Crippen LogP contribution < -0.4 is 4.90 Å². The summed E-state index contributed by atoms with van der Waals surface area (Å²) < 4.78 is 0. The molecule has 5 rings (SSSR count). The molecule has 0 unspecified atom stereocenters. The molecule has 2 fully saturated rings. The van der Waals surface area contributed by atoms with Gasteiger partial charge in [-0.2, -0.15) is 0 Å². The molecule has 1 saturated carbocycles. The molecule has 2 aromatic carbocycles. The fraction of sp³-hybridized carbons (Fsp3) is 0.423. The summed E-state index contributed by atoms with van der Waals surface area (Å²) in [5.74, 6) is 0.915. The van der Waals surface area contributed by atoms with Gasteiger partial charge in [-0.05, 0) is 55.9 Å². The van der Waals surface area contributed by atoms with Gasteiger partial charge in [0.05, 0.1) is 0 Å². The van der Waals surface area contributed by atoms with Crippen molar-refractivity contribution in [3.05, 3.63) is 54.1 Å². The smallest absolute Gasteiger partial charge is 0.150 e. The third-order valence-corrected chi connectivity index (χ3v) is 8.04. The first-order valence-electron chi connectivity index (χ1n) is 11.7. The quantitative estimate of drug-likeness (QED) is 0.492. The molecule has 5 nitrogen and oxygen atoms in total. The van der Waals surface area contributed by atoms with Crippen LogP contribution in [0.1, 0.15) is 43.0 Å². The second-order valence-corrected chi connectivity index (χ2v) is 10.1. The van der Waals surface area contributed by atoms with Crippen LogP contribution >= 0.6 is 11.3 Å². The zero-order chi connectivity index (χ0) is 21.9. The Bertz CT molecular complexity index is 1030. The van der Waals surface area contributed by atoms with Crippen molar-refractivity contribution in [2.24, 2.45) is 5.92 Å². The summed E-state index contributed by atoms with van der Waals surface area (Å²) in [5, 5.41) is 10.5. The first-order chi connectivity index (χ1) is 15.7. The summed E-state index contributed by atoms with van der Waals surface area (Å²) in [6, 6.07) is 17.0. The number of rotatable bonds is 5. The molecule has 0 amide bonds. The third kappa shape index (κ3) is 4.62. The van der Waals surface area contributed by atoms with Crippen molar-refractivity contribution in [3.63, 3.8) is 0 Å². The number of benzene rings is 2. The summed E-state index contributed by atoms with van der Waals surface area (Å²) in [4.78, 5) is 16.1. The summed E-state index contributed by atoms with van der Waals surface area (Å²) >= 11 is 1.58. The minimum absolute atomic E-state index is 0.670. The van der Waals surface area contributed by atoms with Crippen LogP contribution in [0.2, 0.25) is 0 Å². The SMILES string of the molecule is C[C@H]1CC[C@@H](N2CCN(c3ccc(-c4nnc(-c5ccc(C=O)cc5)s4)cc3)CC2)CC1. The molecule has 0 spiro atoms. The van der Waals surface area contributed by atoms with E-state index < -0.39 is 0 Å². The van der Waals surface area contributed by atoms with Gasteiger partial charge in [0.25, 0.3) is 0 Å². The van der Waals surface area contributed by atoms with Gasteiger partial charge in [-0.25, -0.2) is 0 Å². The number of hydrogen-bond acceptors (Lipinski definition) is 6. The van der Waals surface area contributed by atoms with Crippen LogP contribution in [0.4, 0.5) is 5.69 Å². The van der Waals surface area contributed by atoms with Crippen molar-refractivity contribution >= 4 is 23.3 Å².